The fraction of sp³-hybridized carbons (Fsp3) is 0.588. The highest BCUT2D eigenvalue weighted by molar-refractivity contribution is 8.14. The monoisotopic (exact) mass is 290 g/mol. The normalized spacial score (nSPS) is 17.1. The molecule has 1 aliphatic rings. The summed E-state index contributed by atoms with van der Waals surface area (Å²) in [6.07, 6.45) is 5.95. The minimum Gasteiger partial charge on any atom is -0.335 e. The van der Waals surface area contributed by atoms with Gasteiger partial charge in [-0.3, -0.25) is 4.99 Å². The Morgan fingerprint density at radius 1 is 1.15 bits per heavy atom. The molecule has 0 saturated carbocycles. The molecule has 110 valence electrons. The van der Waals surface area contributed by atoms with Crippen molar-refractivity contribution >= 4 is 22.6 Å². The molecular weight excluding hydrogens is 264 g/mol. The van der Waals surface area contributed by atoms with Crippen molar-refractivity contribution < 1.29 is 0 Å². The fourth-order valence-corrected chi connectivity index (χ4v) is 3.74. The fourth-order valence-electron chi connectivity index (χ4n) is 2.42. The molecule has 2 rings (SSSR count). The molecule has 1 aliphatic heterocycles. The van der Waals surface area contributed by atoms with E-state index in [4.69, 9.17) is 4.99 Å². The van der Waals surface area contributed by atoms with Crippen LogP contribution in [-0.4, -0.2) is 16.5 Å². The van der Waals surface area contributed by atoms with Crippen molar-refractivity contribution in [3.05, 3.63) is 29.8 Å². The van der Waals surface area contributed by atoms with Gasteiger partial charge in [0.1, 0.15) is 0 Å². The average molecular weight is 290 g/mol. The molecule has 0 amide bonds. The number of thioether (sulfide) groups is 1. The van der Waals surface area contributed by atoms with Gasteiger partial charge in [0.25, 0.3) is 0 Å². The second kappa shape index (κ2) is 7.16. The van der Waals surface area contributed by atoms with Gasteiger partial charge in [-0.25, -0.2) is 0 Å². The first-order valence-corrected chi connectivity index (χ1v) is 8.78. The molecule has 1 N–H and O–H groups in total. The van der Waals surface area contributed by atoms with Gasteiger partial charge in [-0.1, -0.05) is 51.1 Å². The number of rotatable bonds is 6. The Balaban J connectivity index is 1.97. The van der Waals surface area contributed by atoms with Crippen LogP contribution in [0.4, 0.5) is 5.69 Å². The highest BCUT2D eigenvalue weighted by Crippen LogP contribution is 2.33. The minimum atomic E-state index is 0.161. The molecule has 0 spiro atoms. The number of aryl methyl sites for hydroxylation is 1. The molecule has 0 bridgehead atoms. The molecule has 1 aromatic rings. The highest BCUT2D eigenvalue weighted by Gasteiger charge is 2.31. The highest BCUT2D eigenvalue weighted by atomic mass is 32.2. The van der Waals surface area contributed by atoms with E-state index in [2.05, 4.69) is 50.4 Å². The van der Waals surface area contributed by atoms with Gasteiger partial charge < -0.3 is 5.32 Å². The van der Waals surface area contributed by atoms with Crippen molar-refractivity contribution in [3.8, 4) is 0 Å². The number of anilines is 1. The van der Waals surface area contributed by atoms with Crippen molar-refractivity contribution in [1.29, 1.82) is 0 Å². The van der Waals surface area contributed by atoms with Crippen LogP contribution in [-0.2, 0) is 6.42 Å². The Hall–Kier alpha value is -0.960. The van der Waals surface area contributed by atoms with Crippen molar-refractivity contribution in [2.45, 2.75) is 58.4 Å². The summed E-state index contributed by atoms with van der Waals surface area (Å²) in [4.78, 5) is 4.89. The van der Waals surface area contributed by atoms with E-state index in [0.717, 1.165) is 29.4 Å². The number of nitrogens with one attached hydrogen (secondary N) is 1. The summed E-state index contributed by atoms with van der Waals surface area (Å²) in [5, 5.41) is 4.54. The molecule has 0 radical (unpaired) electrons. The number of amidine groups is 1. The maximum atomic E-state index is 4.89. The molecule has 0 aliphatic carbocycles. The van der Waals surface area contributed by atoms with E-state index in [1.54, 1.807) is 0 Å². The summed E-state index contributed by atoms with van der Waals surface area (Å²) < 4.78 is 0. The van der Waals surface area contributed by atoms with Crippen LogP contribution in [0.2, 0.25) is 0 Å². The Morgan fingerprint density at radius 3 is 2.40 bits per heavy atom. The molecule has 0 atom stereocenters. The van der Waals surface area contributed by atoms with E-state index in [1.165, 1.54) is 24.8 Å². The summed E-state index contributed by atoms with van der Waals surface area (Å²) in [7, 11) is 0. The lowest BCUT2D eigenvalue weighted by Crippen LogP contribution is -2.24. The molecule has 1 aromatic carbocycles. The number of nitrogens with zero attached hydrogens (tertiary/aromatic N) is 1. The number of benzene rings is 1. The van der Waals surface area contributed by atoms with Gasteiger partial charge in [0.05, 0.1) is 5.54 Å². The van der Waals surface area contributed by atoms with E-state index < -0.39 is 0 Å². The van der Waals surface area contributed by atoms with Gasteiger partial charge in [0.2, 0.25) is 0 Å². The third kappa shape index (κ3) is 3.78. The number of hydrogen-bond donors (Lipinski definition) is 1. The molecular formula is C17H26N2S. The quantitative estimate of drug-likeness (QED) is 0.788. The second-order valence-electron chi connectivity index (χ2n) is 5.56. The van der Waals surface area contributed by atoms with Crippen molar-refractivity contribution in [2.24, 2.45) is 4.99 Å². The minimum absolute atomic E-state index is 0.161. The lowest BCUT2D eigenvalue weighted by Gasteiger charge is -2.20. The van der Waals surface area contributed by atoms with Crippen molar-refractivity contribution in [1.82, 2.24) is 0 Å². The maximum absolute atomic E-state index is 4.89. The molecule has 0 saturated heterocycles. The van der Waals surface area contributed by atoms with E-state index in [0.29, 0.717) is 0 Å². The molecule has 2 nitrogen and oxygen atoms in total. The Labute approximate surface area is 127 Å². The number of unbranched alkanes of at least 4 members (excludes halogenated alkanes) is 1. The number of aliphatic imine (C=N–C) groups is 1. The lowest BCUT2D eigenvalue weighted by atomic mass is 9.97. The summed E-state index contributed by atoms with van der Waals surface area (Å²) in [5.74, 6) is 1.11. The Bertz CT molecular complexity index is 447. The van der Waals surface area contributed by atoms with Gasteiger partial charge in [-0.2, -0.15) is 0 Å². The van der Waals surface area contributed by atoms with Crippen molar-refractivity contribution in [2.75, 3.05) is 11.1 Å². The molecule has 20 heavy (non-hydrogen) atoms. The Morgan fingerprint density at radius 2 is 1.85 bits per heavy atom. The van der Waals surface area contributed by atoms with Gasteiger partial charge in [-0.15, -0.1) is 0 Å². The average Bonchev–Trinajstić information content (AvgIpc) is 2.90. The van der Waals surface area contributed by atoms with Crippen LogP contribution in [0.3, 0.4) is 0 Å². The van der Waals surface area contributed by atoms with Crippen LogP contribution in [0.5, 0.6) is 0 Å². The standard InChI is InChI=1S/C17H26N2S/c1-4-7-8-14-9-11-15(12-10-14)18-16-19-17(5-2,6-3)13-20-16/h9-12H,4-8,13H2,1-3H3,(H,18,19). The van der Waals surface area contributed by atoms with Crippen molar-refractivity contribution in [3.63, 3.8) is 0 Å². The van der Waals surface area contributed by atoms with Gasteiger partial charge >= 0.3 is 0 Å². The summed E-state index contributed by atoms with van der Waals surface area (Å²) >= 11 is 1.85. The second-order valence-corrected chi connectivity index (χ2v) is 6.53. The summed E-state index contributed by atoms with van der Waals surface area (Å²) in [6, 6.07) is 8.80. The first-order valence-electron chi connectivity index (χ1n) is 7.80. The smallest absolute Gasteiger partial charge is 0.161 e. The number of hydrogen-bond acceptors (Lipinski definition) is 3. The van der Waals surface area contributed by atoms with E-state index in [1.807, 2.05) is 11.8 Å². The first kappa shape index (κ1) is 15.4. The topological polar surface area (TPSA) is 24.4 Å². The molecule has 0 aromatic heterocycles. The van der Waals surface area contributed by atoms with Crippen LogP contribution in [0.15, 0.2) is 29.3 Å². The first-order chi connectivity index (χ1) is 9.71. The van der Waals surface area contributed by atoms with E-state index in [-0.39, 0.29) is 5.54 Å². The predicted octanol–water partition coefficient (Wildman–Crippen LogP) is 5.10. The zero-order valence-electron chi connectivity index (χ0n) is 12.9. The van der Waals surface area contributed by atoms with Crippen LogP contribution < -0.4 is 5.32 Å². The van der Waals surface area contributed by atoms with E-state index in [9.17, 15) is 0 Å². The van der Waals surface area contributed by atoms with Crippen LogP contribution in [0.25, 0.3) is 0 Å². The maximum Gasteiger partial charge on any atom is 0.161 e. The van der Waals surface area contributed by atoms with Crippen LogP contribution in [0, 0.1) is 0 Å². The van der Waals surface area contributed by atoms with Gasteiger partial charge in [-0.05, 0) is 43.4 Å². The zero-order chi connectivity index (χ0) is 14.4. The zero-order valence-corrected chi connectivity index (χ0v) is 13.7. The third-order valence-corrected chi connectivity index (χ3v) is 5.31. The molecule has 3 heteroatoms. The van der Waals surface area contributed by atoms with Gasteiger partial charge in [0, 0.05) is 11.4 Å². The van der Waals surface area contributed by atoms with Crippen LogP contribution >= 0.6 is 11.8 Å². The molecule has 0 fully saturated rings. The summed E-state index contributed by atoms with van der Waals surface area (Å²) in [5.41, 5.74) is 2.74. The molecule has 0 unspecified atom stereocenters. The third-order valence-electron chi connectivity index (χ3n) is 4.16. The SMILES string of the molecule is CCCCc1ccc(NC2=NC(CC)(CC)CS2)cc1. The summed E-state index contributed by atoms with van der Waals surface area (Å²) in [6.45, 7) is 6.71. The predicted molar refractivity (Wildman–Crippen MR) is 91.9 cm³/mol. The van der Waals surface area contributed by atoms with Crippen LogP contribution in [0.1, 0.15) is 52.0 Å². The van der Waals surface area contributed by atoms with E-state index >= 15 is 0 Å². The Kier molecular flexibility index (Phi) is 5.53. The molecule has 1 heterocycles. The largest absolute Gasteiger partial charge is 0.335 e. The van der Waals surface area contributed by atoms with Gasteiger partial charge in [0.15, 0.2) is 5.17 Å². The lowest BCUT2D eigenvalue weighted by molar-refractivity contribution is 0.456.